The van der Waals surface area contributed by atoms with Gasteiger partial charge in [-0.15, -0.1) is 0 Å². The minimum atomic E-state index is 0.673. The van der Waals surface area contributed by atoms with Gasteiger partial charge in [0.25, 0.3) is 0 Å². The first-order valence-electron chi connectivity index (χ1n) is 5.68. The van der Waals surface area contributed by atoms with E-state index in [4.69, 9.17) is 9.47 Å². The van der Waals surface area contributed by atoms with Crippen LogP contribution in [0.2, 0.25) is 0 Å². The largest absolute Gasteiger partial charge is 0.496 e. The molecule has 1 aromatic carbocycles. The maximum absolute atomic E-state index is 5.59. The summed E-state index contributed by atoms with van der Waals surface area (Å²) in [6.07, 6.45) is 3.62. The van der Waals surface area contributed by atoms with Crippen LogP contribution in [-0.2, 0) is 11.3 Å². The highest BCUT2D eigenvalue weighted by molar-refractivity contribution is 9.10. The van der Waals surface area contributed by atoms with Crippen molar-refractivity contribution in [3.63, 3.8) is 0 Å². The van der Waals surface area contributed by atoms with Crippen LogP contribution in [0.15, 0.2) is 22.7 Å². The Morgan fingerprint density at radius 3 is 2.69 bits per heavy atom. The number of rotatable bonds is 7. The Morgan fingerprint density at radius 2 is 2.06 bits per heavy atom. The van der Waals surface area contributed by atoms with Gasteiger partial charge in [0.2, 0.25) is 0 Å². The van der Waals surface area contributed by atoms with Crippen LogP contribution in [0.1, 0.15) is 31.7 Å². The fourth-order valence-electron chi connectivity index (χ4n) is 1.44. The van der Waals surface area contributed by atoms with Gasteiger partial charge in [-0.2, -0.15) is 0 Å². The molecule has 0 spiro atoms. The number of hydrogen-bond donors (Lipinski definition) is 0. The van der Waals surface area contributed by atoms with E-state index in [9.17, 15) is 0 Å². The second kappa shape index (κ2) is 7.69. The Kier molecular flexibility index (Phi) is 6.50. The average molecular weight is 287 g/mol. The van der Waals surface area contributed by atoms with Crippen LogP contribution in [0.5, 0.6) is 5.75 Å². The minimum Gasteiger partial charge on any atom is -0.496 e. The molecule has 16 heavy (non-hydrogen) atoms. The third kappa shape index (κ3) is 4.54. The molecule has 0 aromatic heterocycles. The monoisotopic (exact) mass is 286 g/mol. The van der Waals surface area contributed by atoms with Crippen LogP contribution >= 0.6 is 15.9 Å². The predicted octanol–water partition coefficient (Wildman–Crippen LogP) is 4.16. The number of halogens is 1. The van der Waals surface area contributed by atoms with E-state index in [1.54, 1.807) is 7.11 Å². The van der Waals surface area contributed by atoms with Gasteiger partial charge < -0.3 is 9.47 Å². The van der Waals surface area contributed by atoms with Gasteiger partial charge in [-0.25, -0.2) is 0 Å². The molecule has 1 aromatic rings. The number of ether oxygens (including phenoxy) is 2. The fraction of sp³-hybridized carbons (Fsp3) is 0.538. The first-order valence-corrected chi connectivity index (χ1v) is 6.47. The predicted molar refractivity (Wildman–Crippen MR) is 69.9 cm³/mol. The molecule has 3 heteroatoms. The molecule has 0 fully saturated rings. The number of unbranched alkanes of at least 4 members (excludes halogenated alkanes) is 2. The van der Waals surface area contributed by atoms with E-state index >= 15 is 0 Å². The van der Waals surface area contributed by atoms with Crippen molar-refractivity contribution in [1.82, 2.24) is 0 Å². The van der Waals surface area contributed by atoms with Gasteiger partial charge in [0.1, 0.15) is 5.75 Å². The van der Waals surface area contributed by atoms with E-state index in [1.807, 2.05) is 18.2 Å². The van der Waals surface area contributed by atoms with E-state index < -0.39 is 0 Å². The molecule has 1 rings (SSSR count). The Morgan fingerprint density at radius 1 is 1.25 bits per heavy atom. The Labute approximate surface area is 106 Å². The van der Waals surface area contributed by atoms with Gasteiger partial charge in [-0.1, -0.05) is 25.8 Å². The SMILES string of the molecule is CCCCCOCc1ccc(OC)c(Br)c1. The molecule has 0 amide bonds. The van der Waals surface area contributed by atoms with E-state index in [0.29, 0.717) is 6.61 Å². The lowest BCUT2D eigenvalue weighted by molar-refractivity contribution is 0.117. The molecule has 0 aliphatic carbocycles. The maximum atomic E-state index is 5.59. The molecule has 0 saturated heterocycles. The van der Waals surface area contributed by atoms with Crippen LogP contribution in [0.25, 0.3) is 0 Å². The quantitative estimate of drug-likeness (QED) is 0.701. The highest BCUT2D eigenvalue weighted by atomic mass is 79.9. The molecule has 0 aliphatic rings. The Balaban J connectivity index is 2.34. The van der Waals surface area contributed by atoms with Gasteiger partial charge in [0.05, 0.1) is 18.2 Å². The van der Waals surface area contributed by atoms with Gasteiger partial charge in [-0.05, 0) is 40.0 Å². The van der Waals surface area contributed by atoms with Crippen molar-refractivity contribution in [3.05, 3.63) is 28.2 Å². The smallest absolute Gasteiger partial charge is 0.133 e. The Hall–Kier alpha value is -0.540. The molecule has 0 aliphatic heterocycles. The second-order valence-corrected chi connectivity index (χ2v) is 4.58. The summed E-state index contributed by atoms with van der Waals surface area (Å²) in [7, 11) is 1.67. The van der Waals surface area contributed by atoms with E-state index in [0.717, 1.165) is 23.2 Å². The first kappa shape index (κ1) is 13.5. The van der Waals surface area contributed by atoms with Crippen molar-refractivity contribution in [3.8, 4) is 5.75 Å². The summed E-state index contributed by atoms with van der Waals surface area (Å²) in [5.74, 6) is 0.856. The molecule has 0 N–H and O–H groups in total. The first-order chi connectivity index (χ1) is 7.77. The molecule has 0 bridgehead atoms. The topological polar surface area (TPSA) is 18.5 Å². The molecule has 0 atom stereocenters. The lowest BCUT2D eigenvalue weighted by Crippen LogP contribution is -1.96. The number of benzene rings is 1. The van der Waals surface area contributed by atoms with Crippen LogP contribution < -0.4 is 4.74 Å². The van der Waals surface area contributed by atoms with Crippen molar-refractivity contribution in [2.45, 2.75) is 32.8 Å². The summed E-state index contributed by atoms with van der Waals surface area (Å²) in [5, 5.41) is 0. The third-order valence-corrected chi connectivity index (χ3v) is 3.00. The fourth-order valence-corrected chi connectivity index (χ4v) is 2.03. The van der Waals surface area contributed by atoms with Crippen LogP contribution in [0.3, 0.4) is 0 Å². The molecular formula is C13H19BrO2. The highest BCUT2D eigenvalue weighted by Crippen LogP contribution is 2.25. The average Bonchev–Trinajstić information content (AvgIpc) is 2.29. The van der Waals surface area contributed by atoms with Crippen molar-refractivity contribution in [2.75, 3.05) is 13.7 Å². The molecule has 0 radical (unpaired) electrons. The summed E-state index contributed by atoms with van der Waals surface area (Å²) in [4.78, 5) is 0. The van der Waals surface area contributed by atoms with Crippen molar-refractivity contribution < 1.29 is 9.47 Å². The maximum Gasteiger partial charge on any atom is 0.133 e. The van der Waals surface area contributed by atoms with E-state index in [-0.39, 0.29) is 0 Å². The lowest BCUT2D eigenvalue weighted by Gasteiger charge is -2.07. The van der Waals surface area contributed by atoms with Crippen molar-refractivity contribution in [2.24, 2.45) is 0 Å². The third-order valence-electron chi connectivity index (χ3n) is 2.38. The zero-order valence-corrected chi connectivity index (χ0v) is 11.5. The summed E-state index contributed by atoms with van der Waals surface area (Å²) in [6, 6.07) is 6.02. The summed E-state index contributed by atoms with van der Waals surface area (Å²) < 4.78 is 11.7. The second-order valence-electron chi connectivity index (χ2n) is 3.73. The number of hydrogen-bond acceptors (Lipinski definition) is 2. The number of methoxy groups -OCH3 is 1. The van der Waals surface area contributed by atoms with Crippen LogP contribution in [0.4, 0.5) is 0 Å². The summed E-state index contributed by atoms with van der Waals surface area (Å²) >= 11 is 3.46. The Bertz CT molecular complexity index is 313. The van der Waals surface area contributed by atoms with E-state index in [2.05, 4.69) is 22.9 Å². The molecule has 0 saturated carbocycles. The highest BCUT2D eigenvalue weighted by Gasteiger charge is 2.01. The molecule has 0 heterocycles. The molecule has 2 nitrogen and oxygen atoms in total. The summed E-state index contributed by atoms with van der Waals surface area (Å²) in [5.41, 5.74) is 1.17. The zero-order valence-electron chi connectivity index (χ0n) is 9.96. The van der Waals surface area contributed by atoms with Crippen molar-refractivity contribution in [1.29, 1.82) is 0 Å². The summed E-state index contributed by atoms with van der Waals surface area (Å²) in [6.45, 7) is 3.71. The van der Waals surface area contributed by atoms with Gasteiger partial charge in [0, 0.05) is 6.61 Å². The molecule has 90 valence electrons. The zero-order chi connectivity index (χ0) is 11.8. The van der Waals surface area contributed by atoms with E-state index in [1.165, 1.54) is 18.4 Å². The molecule has 0 unspecified atom stereocenters. The standard InChI is InChI=1S/C13H19BrO2/c1-3-4-5-8-16-10-11-6-7-13(15-2)12(14)9-11/h6-7,9H,3-5,8,10H2,1-2H3. The van der Waals surface area contributed by atoms with Gasteiger partial charge >= 0.3 is 0 Å². The van der Waals surface area contributed by atoms with Gasteiger partial charge in [-0.3, -0.25) is 0 Å². The normalized spacial score (nSPS) is 10.4. The minimum absolute atomic E-state index is 0.673. The van der Waals surface area contributed by atoms with Crippen LogP contribution in [-0.4, -0.2) is 13.7 Å². The molecular weight excluding hydrogens is 268 g/mol. The lowest BCUT2D eigenvalue weighted by atomic mass is 10.2. The van der Waals surface area contributed by atoms with Crippen LogP contribution in [0, 0.1) is 0 Å². The van der Waals surface area contributed by atoms with Gasteiger partial charge in [0.15, 0.2) is 0 Å². The van der Waals surface area contributed by atoms with Crippen molar-refractivity contribution >= 4 is 15.9 Å².